The molecule has 0 spiro atoms. The van der Waals surface area contributed by atoms with Gasteiger partial charge < -0.3 is 10.1 Å². The zero-order chi connectivity index (χ0) is 20.1. The van der Waals surface area contributed by atoms with Crippen LogP contribution in [0.15, 0.2) is 29.2 Å². The first kappa shape index (κ1) is 22.6. The van der Waals surface area contributed by atoms with E-state index >= 15 is 0 Å². The van der Waals surface area contributed by atoms with E-state index in [9.17, 15) is 21.6 Å². The Morgan fingerprint density at radius 2 is 1.58 bits per heavy atom. The summed E-state index contributed by atoms with van der Waals surface area (Å²) >= 11 is 0. The van der Waals surface area contributed by atoms with Gasteiger partial charge in [0.05, 0.1) is 16.8 Å². The average Bonchev–Trinajstić information content (AvgIpc) is 2.54. The summed E-state index contributed by atoms with van der Waals surface area (Å²) < 4.78 is 55.9. The fourth-order valence-corrected chi connectivity index (χ4v) is 4.54. The number of carbonyl (C=O) groups excluding carboxylic acids is 1. The van der Waals surface area contributed by atoms with E-state index in [0.717, 1.165) is 0 Å². The summed E-state index contributed by atoms with van der Waals surface area (Å²) in [5.41, 5.74) is 0.310. The zero-order valence-electron chi connectivity index (χ0n) is 15.5. The van der Waals surface area contributed by atoms with Crippen molar-refractivity contribution in [3.05, 3.63) is 24.3 Å². The van der Waals surface area contributed by atoms with Crippen molar-refractivity contribution >= 4 is 31.5 Å². The molecule has 2 atom stereocenters. The van der Waals surface area contributed by atoms with Gasteiger partial charge in [-0.25, -0.2) is 21.6 Å². The highest BCUT2D eigenvalue weighted by molar-refractivity contribution is 7.93. The number of nitrogens with one attached hydrogen (secondary N) is 2. The van der Waals surface area contributed by atoms with Gasteiger partial charge in [-0.2, -0.15) is 0 Å². The molecule has 0 bridgehead atoms. The van der Waals surface area contributed by atoms with E-state index in [-0.39, 0.29) is 11.5 Å². The Morgan fingerprint density at radius 3 is 2.04 bits per heavy atom. The first-order valence-corrected chi connectivity index (χ1v) is 11.2. The van der Waals surface area contributed by atoms with Crippen LogP contribution >= 0.6 is 0 Å². The van der Waals surface area contributed by atoms with Gasteiger partial charge in [0.15, 0.2) is 9.84 Å². The molecule has 10 heteroatoms. The van der Waals surface area contributed by atoms with Crippen LogP contribution in [0.2, 0.25) is 0 Å². The number of carbonyl (C=O) groups is 1. The van der Waals surface area contributed by atoms with Gasteiger partial charge >= 0.3 is 0 Å². The first-order chi connectivity index (χ1) is 11.9. The van der Waals surface area contributed by atoms with E-state index in [1.807, 2.05) is 0 Å². The molecule has 1 amide bonds. The van der Waals surface area contributed by atoms with Crippen LogP contribution < -0.4 is 10.0 Å². The number of sulfone groups is 1. The molecule has 0 aromatic heterocycles. The van der Waals surface area contributed by atoms with Crippen molar-refractivity contribution in [3.63, 3.8) is 0 Å². The molecule has 0 radical (unpaired) electrons. The van der Waals surface area contributed by atoms with Crippen LogP contribution in [-0.4, -0.2) is 53.0 Å². The standard InChI is InChI=1S/C16H26N2O6S2/c1-11(2)25(20,21)13(4)16(19)17-14-6-8-15(9-7-14)26(22,23)18-12(3)10-24-5/h6-9,11-13,18H,10H2,1-5H3,(H,17,19). The van der Waals surface area contributed by atoms with Crippen molar-refractivity contribution in [1.29, 1.82) is 0 Å². The molecule has 0 aliphatic carbocycles. The van der Waals surface area contributed by atoms with Gasteiger partial charge in [0, 0.05) is 18.8 Å². The molecule has 1 aromatic carbocycles. The van der Waals surface area contributed by atoms with Gasteiger partial charge in [-0.3, -0.25) is 4.79 Å². The Hall–Kier alpha value is -1.49. The van der Waals surface area contributed by atoms with E-state index < -0.39 is 42.3 Å². The summed E-state index contributed by atoms with van der Waals surface area (Å²) in [6.07, 6.45) is 0. The SMILES string of the molecule is COCC(C)NS(=O)(=O)c1ccc(NC(=O)C(C)S(=O)(=O)C(C)C)cc1. The van der Waals surface area contributed by atoms with Gasteiger partial charge in [0.25, 0.3) is 0 Å². The predicted octanol–water partition coefficient (Wildman–Crippen LogP) is 1.15. The number of hydrogen-bond donors (Lipinski definition) is 2. The largest absolute Gasteiger partial charge is 0.383 e. The first-order valence-electron chi connectivity index (χ1n) is 8.06. The summed E-state index contributed by atoms with van der Waals surface area (Å²) in [7, 11) is -5.82. The molecule has 1 rings (SSSR count). The van der Waals surface area contributed by atoms with Gasteiger partial charge in [-0.05, 0) is 52.0 Å². The fourth-order valence-electron chi connectivity index (χ4n) is 2.14. The highest BCUT2D eigenvalue weighted by atomic mass is 32.2. The third-order valence-electron chi connectivity index (χ3n) is 3.72. The summed E-state index contributed by atoms with van der Waals surface area (Å²) in [4.78, 5) is 12.2. The normalized spacial score (nSPS) is 14.8. The van der Waals surface area contributed by atoms with Crippen molar-refractivity contribution in [2.75, 3.05) is 19.0 Å². The lowest BCUT2D eigenvalue weighted by molar-refractivity contribution is -0.115. The highest BCUT2D eigenvalue weighted by Gasteiger charge is 2.30. The van der Waals surface area contributed by atoms with Crippen LogP contribution in [0.1, 0.15) is 27.7 Å². The lowest BCUT2D eigenvalue weighted by atomic mass is 10.3. The Bertz CT molecular complexity index is 817. The van der Waals surface area contributed by atoms with Gasteiger partial charge in [0.1, 0.15) is 5.25 Å². The summed E-state index contributed by atoms with van der Waals surface area (Å²) in [6, 6.07) is 5.08. The lowest BCUT2D eigenvalue weighted by Crippen LogP contribution is -2.36. The predicted molar refractivity (Wildman–Crippen MR) is 100 cm³/mol. The Labute approximate surface area is 155 Å². The molecule has 1 aromatic rings. The van der Waals surface area contributed by atoms with Crippen molar-refractivity contribution in [2.45, 2.75) is 49.1 Å². The molecule has 0 aliphatic rings. The van der Waals surface area contributed by atoms with Crippen LogP contribution in [0.25, 0.3) is 0 Å². The number of methoxy groups -OCH3 is 1. The molecule has 26 heavy (non-hydrogen) atoms. The second-order valence-electron chi connectivity index (χ2n) is 6.27. The fraction of sp³-hybridized carbons (Fsp3) is 0.562. The molecule has 0 saturated carbocycles. The van der Waals surface area contributed by atoms with Crippen molar-refractivity contribution in [1.82, 2.24) is 4.72 Å². The van der Waals surface area contributed by atoms with Crippen LogP contribution in [-0.2, 0) is 29.4 Å². The van der Waals surface area contributed by atoms with E-state index in [1.165, 1.54) is 52.1 Å². The van der Waals surface area contributed by atoms with Crippen LogP contribution in [0.4, 0.5) is 5.69 Å². The maximum absolute atomic E-state index is 12.2. The van der Waals surface area contributed by atoms with Crippen molar-refractivity contribution < 1.29 is 26.4 Å². The van der Waals surface area contributed by atoms with Crippen molar-refractivity contribution in [2.24, 2.45) is 0 Å². The number of sulfonamides is 1. The molecule has 0 heterocycles. The summed E-state index contributed by atoms with van der Waals surface area (Å²) in [5, 5.41) is 0.613. The topological polar surface area (TPSA) is 119 Å². The second kappa shape index (κ2) is 8.94. The zero-order valence-corrected chi connectivity index (χ0v) is 17.1. The maximum atomic E-state index is 12.2. The van der Waals surface area contributed by atoms with Crippen molar-refractivity contribution in [3.8, 4) is 0 Å². The summed E-state index contributed by atoms with van der Waals surface area (Å²) in [6.45, 7) is 6.25. The second-order valence-corrected chi connectivity index (χ2v) is 10.8. The minimum Gasteiger partial charge on any atom is -0.383 e. The third-order valence-corrected chi connectivity index (χ3v) is 7.84. The van der Waals surface area contributed by atoms with Crippen LogP contribution in [0.5, 0.6) is 0 Å². The molecule has 8 nitrogen and oxygen atoms in total. The van der Waals surface area contributed by atoms with Crippen LogP contribution in [0, 0.1) is 0 Å². The molecule has 2 unspecified atom stereocenters. The van der Waals surface area contributed by atoms with Gasteiger partial charge in [-0.1, -0.05) is 0 Å². The Morgan fingerprint density at radius 1 is 1.04 bits per heavy atom. The molecular weight excluding hydrogens is 380 g/mol. The minimum atomic E-state index is -3.72. The average molecular weight is 407 g/mol. The molecule has 0 fully saturated rings. The molecule has 148 valence electrons. The Balaban J connectivity index is 2.87. The minimum absolute atomic E-state index is 0.0290. The van der Waals surface area contributed by atoms with E-state index in [2.05, 4.69) is 10.0 Å². The highest BCUT2D eigenvalue weighted by Crippen LogP contribution is 2.16. The number of benzene rings is 1. The number of ether oxygens (including phenoxy) is 1. The molecular formula is C16H26N2O6S2. The number of anilines is 1. The number of hydrogen-bond acceptors (Lipinski definition) is 6. The van der Waals surface area contributed by atoms with Crippen LogP contribution in [0.3, 0.4) is 0 Å². The number of amides is 1. The lowest BCUT2D eigenvalue weighted by Gasteiger charge is -2.16. The Kier molecular flexibility index (Phi) is 7.75. The van der Waals surface area contributed by atoms with Gasteiger partial charge in [-0.15, -0.1) is 0 Å². The number of rotatable bonds is 9. The maximum Gasteiger partial charge on any atom is 0.242 e. The molecule has 0 aliphatic heterocycles. The van der Waals surface area contributed by atoms with E-state index in [1.54, 1.807) is 6.92 Å². The molecule has 0 saturated heterocycles. The smallest absolute Gasteiger partial charge is 0.242 e. The third kappa shape index (κ3) is 5.76. The monoisotopic (exact) mass is 406 g/mol. The quantitative estimate of drug-likeness (QED) is 0.635. The molecule has 2 N–H and O–H groups in total. The van der Waals surface area contributed by atoms with E-state index in [0.29, 0.717) is 5.69 Å². The summed E-state index contributed by atoms with van der Waals surface area (Å²) in [5.74, 6) is -0.666. The van der Waals surface area contributed by atoms with E-state index in [4.69, 9.17) is 4.74 Å². The van der Waals surface area contributed by atoms with Gasteiger partial charge in [0.2, 0.25) is 15.9 Å².